The first-order valence-corrected chi connectivity index (χ1v) is 8.55. The molecule has 2 N–H and O–H groups in total. The molecule has 1 saturated heterocycles. The quantitative estimate of drug-likeness (QED) is 0.901. The minimum Gasteiger partial charge on any atom is -0.388 e. The molecule has 1 aliphatic heterocycles. The fraction of sp³-hybridized carbons (Fsp3) is 0.611. The molecule has 0 bridgehead atoms. The molecule has 2 fully saturated rings. The van der Waals surface area contributed by atoms with E-state index in [-0.39, 0.29) is 12.1 Å². The summed E-state index contributed by atoms with van der Waals surface area (Å²) in [6.45, 7) is 0.671. The van der Waals surface area contributed by atoms with Crippen molar-refractivity contribution in [3.8, 4) is 0 Å². The second-order valence-corrected chi connectivity index (χ2v) is 6.67. The van der Waals surface area contributed by atoms with Gasteiger partial charge in [0.1, 0.15) is 0 Å². The van der Waals surface area contributed by atoms with Gasteiger partial charge in [0.25, 0.3) is 0 Å². The number of likely N-dealkylation sites (N-methyl/N-ethyl adjacent to an activating group) is 1. The SMILES string of the molecule is CN(C(=O)Nc1ccc(C2CCCCC2)cc1)[C@@H]1COC[C@H]1O. The largest absolute Gasteiger partial charge is 0.388 e. The molecular weight excluding hydrogens is 292 g/mol. The van der Waals surface area contributed by atoms with Crippen LogP contribution < -0.4 is 5.32 Å². The van der Waals surface area contributed by atoms with Crippen molar-refractivity contribution in [3.63, 3.8) is 0 Å². The number of hydrogen-bond acceptors (Lipinski definition) is 3. The van der Waals surface area contributed by atoms with E-state index in [4.69, 9.17) is 4.74 Å². The lowest BCUT2D eigenvalue weighted by molar-refractivity contribution is 0.106. The predicted octanol–water partition coefficient (Wildman–Crippen LogP) is 2.96. The summed E-state index contributed by atoms with van der Waals surface area (Å²) in [5.41, 5.74) is 2.16. The Morgan fingerprint density at radius 2 is 1.87 bits per heavy atom. The average molecular weight is 318 g/mol. The molecule has 0 radical (unpaired) electrons. The van der Waals surface area contributed by atoms with Crippen molar-refractivity contribution in [1.29, 1.82) is 0 Å². The minimum absolute atomic E-state index is 0.218. The molecule has 1 aromatic rings. The topological polar surface area (TPSA) is 61.8 Å². The maximum atomic E-state index is 12.3. The van der Waals surface area contributed by atoms with E-state index in [9.17, 15) is 9.90 Å². The highest BCUT2D eigenvalue weighted by molar-refractivity contribution is 5.89. The lowest BCUT2D eigenvalue weighted by Gasteiger charge is -2.26. The summed E-state index contributed by atoms with van der Waals surface area (Å²) >= 11 is 0. The lowest BCUT2D eigenvalue weighted by Crippen LogP contribution is -2.45. The third-order valence-electron chi connectivity index (χ3n) is 5.08. The van der Waals surface area contributed by atoms with Gasteiger partial charge in [0.2, 0.25) is 0 Å². The first-order valence-electron chi connectivity index (χ1n) is 8.55. The van der Waals surface area contributed by atoms with Crippen LogP contribution in [-0.2, 0) is 4.74 Å². The fourth-order valence-electron chi connectivity index (χ4n) is 3.54. The standard InChI is InChI=1S/C18H26N2O3/c1-20(16-11-23-12-17(16)21)18(22)19-15-9-7-14(8-10-15)13-5-3-2-4-6-13/h7-10,13,16-17,21H,2-6,11-12H2,1H3,(H,19,22)/t16-,17-/m1/s1. The van der Waals surface area contributed by atoms with Gasteiger partial charge in [0.15, 0.2) is 0 Å². The van der Waals surface area contributed by atoms with Crippen molar-refractivity contribution < 1.29 is 14.6 Å². The smallest absolute Gasteiger partial charge is 0.322 e. The van der Waals surface area contributed by atoms with Crippen molar-refractivity contribution in [2.45, 2.75) is 50.2 Å². The normalized spacial score (nSPS) is 25.3. The molecule has 2 amide bonds. The van der Waals surface area contributed by atoms with Crippen LogP contribution in [0.25, 0.3) is 0 Å². The van der Waals surface area contributed by atoms with Crippen LogP contribution in [0.1, 0.15) is 43.6 Å². The van der Waals surface area contributed by atoms with Crippen molar-refractivity contribution in [2.24, 2.45) is 0 Å². The number of anilines is 1. The van der Waals surface area contributed by atoms with E-state index in [2.05, 4.69) is 17.4 Å². The molecule has 1 heterocycles. The Kier molecular flexibility index (Phi) is 5.18. The number of nitrogens with one attached hydrogen (secondary N) is 1. The van der Waals surface area contributed by atoms with Crippen molar-refractivity contribution >= 4 is 11.7 Å². The highest BCUT2D eigenvalue weighted by Gasteiger charge is 2.32. The molecule has 5 heteroatoms. The highest BCUT2D eigenvalue weighted by Crippen LogP contribution is 2.33. The Bertz CT molecular complexity index is 526. The number of nitrogens with zero attached hydrogens (tertiary/aromatic N) is 1. The summed E-state index contributed by atoms with van der Waals surface area (Å²) in [6, 6.07) is 7.69. The first kappa shape index (κ1) is 16.3. The minimum atomic E-state index is -0.612. The second-order valence-electron chi connectivity index (χ2n) is 6.67. The van der Waals surface area contributed by atoms with E-state index in [1.807, 2.05) is 12.1 Å². The molecule has 23 heavy (non-hydrogen) atoms. The number of aliphatic hydroxyl groups excluding tert-OH is 1. The van der Waals surface area contributed by atoms with Crippen molar-refractivity contribution in [1.82, 2.24) is 4.90 Å². The maximum Gasteiger partial charge on any atom is 0.322 e. The number of carbonyl (C=O) groups is 1. The molecule has 2 aliphatic rings. The number of carbonyl (C=O) groups excluding carboxylic acids is 1. The summed E-state index contributed by atoms with van der Waals surface area (Å²) in [5, 5.41) is 12.7. The van der Waals surface area contributed by atoms with Gasteiger partial charge in [-0.1, -0.05) is 31.4 Å². The second kappa shape index (κ2) is 7.32. The van der Waals surface area contributed by atoms with Gasteiger partial charge in [-0.05, 0) is 36.5 Å². The zero-order valence-corrected chi connectivity index (χ0v) is 13.7. The van der Waals surface area contributed by atoms with Crippen LogP contribution in [0.3, 0.4) is 0 Å². The predicted molar refractivity (Wildman–Crippen MR) is 89.7 cm³/mol. The van der Waals surface area contributed by atoms with Gasteiger partial charge in [-0.15, -0.1) is 0 Å². The summed E-state index contributed by atoms with van der Waals surface area (Å²) in [5.74, 6) is 0.668. The Balaban J connectivity index is 1.58. The Labute approximate surface area is 137 Å². The molecule has 1 aromatic carbocycles. The van der Waals surface area contributed by atoms with Crippen LogP contribution in [0.15, 0.2) is 24.3 Å². The first-order chi connectivity index (χ1) is 11.1. The molecule has 1 aliphatic carbocycles. The monoisotopic (exact) mass is 318 g/mol. The third kappa shape index (κ3) is 3.85. The van der Waals surface area contributed by atoms with Crippen LogP contribution in [0.5, 0.6) is 0 Å². The van der Waals surface area contributed by atoms with Crippen LogP contribution >= 0.6 is 0 Å². The van der Waals surface area contributed by atoms with E-state index in [0.29, 0.717) is 19.1 Å². The zero-order chi connectivity index (χ0) is 16.2. The highest BCUT2D eigenvalue weighted by atomic mass is 16.5. The number of benzene rings is 1. The Morgan fingerprint density at radius 3 is 2.48 bits per heavy atom. The fourth-order valence-corrected chi connectivity index (χ4v) is 3.54. The number of urea groups is 1. The van der Waals surface area contributed by atoms with Crippen LogP contribution in [0.4, 0.5) is 10.5 Å². The van der Waals surface area contributed by atoms with Crippen molar-refractivity contribution in [3.05, 3.63) is 29.8 Å². The van der Waals surface area contributed by atoms with Gasteiger partial charge in [-0.2, -0.15) is 0 Å². The Hall–Kier alpha value is -1.59. The summed E-state index contributed by atoms with van der Waals surface area (Å²) in [7, 11) is 1.69. The van der Waals surface area contributed by atoms with Gasteiger partial charge in [0, 0.05) is 12.7 Å². The van der Waals surface area contributed by atoms with E-state index in [1.165, 1.54) is 42.6 Å². The number of hydrogen-bond donors (Lipinski definition) is 2. The van der Waals surface area contributed by atoms with Gasteiger partial charge >= 0.3 is 6.03 Å². The van der Waals surface area contributed by atoms with E-state index < -0.39 is 6.10 Å². The molecule has 0 aromatic heterocycles. The molecule has 3 rings (SSSR count). The molecule has 1 saturated carbocycles. The molecule has 2 atom stereocenters. The van der Waals surface area contributed by atoms with Gasteiger partial charge in [-0.3, -0.25) is 0 Å². The average Bonchev–Trinajstić information content (AvgIpc) is 3.01. The van der Waals surface area contributed by atoms with Gasteiger partial charge in [0.05, 0.1) is 25.4 Å². The third-order valence-corrected chi connectivity index (χ3v) is 5.08. The summed E-state index contributed by atoms with van der Waals surface area (Å²) in [6.07, 6.45) is 5.93. The molecule has 0 spiro atoms. The maximum absolute atomic E-state index is 12.3. The van der Waals surface area contributed by atoms with E-state index in [0.717, 1.165) is 5.69 Å². The molecule has 126 valence electrons. The molecule has 5 nitrogen and oxygen atoms in total. The lowest BCUT2D eigenvalue weighted by atomic mass is 9.84. The molecule has 0 unspecified atom stereocenters. The van der Waals surface area contributed by atoms with Crippen LogP contribution in [0, 0.1) is 0 Å². The zero-order valence-electron chi connectivity index (χ0n) is 13.7. The van der Waals surface area contributed by atoms with Crippen molar-refractivity contribution in [2.75, 3.05) is 25.6 Å². The number of ether oxygens (including phenoxy) is 1. The summed E-state index contributed by atoms with van der Waals surface area (Å²) in [4.78, 5) is 13.8. The molecular formula is C18H26N2O3. The van der Waals surface area contributed by atoms with Crippen LogP contribution in [0.2, 0.25) is 0 Å². The van der Waals surface area contributed by atoms with E-state index in [1.54, 1.807) is 7.05 Å². The Morgan fingerprint density at radius 1 is 1.17 bits per heavy atom. The summed E-state index contributed by atoms with van der Waals surface area (Å²) < 4.78 is 5.20. The number of aliphatic hydroxyl groups is 1. The van der Waals surface area contributed by atoms with Gasteiger partial charge in [-0.25, -0.2) is 4.79 Å². The number of amides is 2. The van der Waals surface area contributed by atoms with E-state index >= 15 is 0 Å². The van der Waals surface area contributed by atoms with Crippen LogP contribution in [-0.4, -0.2) is 48.4 Å². The number of rotatable bonds is 3. The van der Waals surface area contributed by atoms with Gasteiger partial charge < -0.3 is 20.1 Å².